The smallest absolute Gasteiger partial charge is 0.247 e. The Kier molecular flexibility index (Phi) is 6.91. The summed E-state index contributed by atoms with van der Waals surface area (Å²) >= 11 is 0. The number of hydrogen-bond donors (Lipinski definition) is 1. The van der Waals surface area contributed by atoms with Gasteiger partial charge in [-0.2, -0.15) is 0 Å². The van der Waals surface area contributed by atoms with Crippen molar-refractivity contribution < 1.29 is 18.8 Å². The van der Waals surface area contributed by atoms with Crippen LogP contribution in [0.4, 0.5) is 5.82 Å². The number of ether oxygens (including phenoxy) is 1. The Labute approximate surface area is 146 Å². The lowest BCUT2D eigenvalue weighted by Gasteiger charge is -2.20. The highest BCUT2D eigenvalue weighted by Gasteiger charge is 2.16. The normalized spacial score (nSPS) is 10.8. The zero-order valence-corrected chi connectivity index (χ0v) is 14.3. The first-order chi connectivity index (χ1) is 12.1. The third-order valence-corrected chi connectivity index (χ3v) is 3.32. The molecule has 2 aromatic rings. The molecule has 25 heavy (non-hydrogen) atoms. The summed E-state index contributed by atoms with van der Waals surface area (Å²) in [5.74, 6) is 0.285. The van der Waals surface area contributed by atoms with Crippen LogP contribution in [0.3, 0.4) is 0 Å². The average molecular weight is 343 g/mol. The van der Waals surface area contributed by atoms with Crippen molar-refractivity contribution in [3.8, 4) is 0 Å². The summed E-state index contributed by atoms with van der Waals surface area (Å²) in [4.78, 5) is 25.9. The number of aromatic nitrogens is 1. The average Bonchev–Trinajstić information content (AvgIpc) is 3.02. The molecule has 132 valence electrons. The van der Waals surface area contributed by atoms with Gasteiger partial charge in [0, 0.05) is 25.8 Å². The quantitative estimate of drug-likeness (QED) is 0.742. The molecule has 7 heteroatoms. The minimum atomic E-state index is -0.356. The molecule has 1 N–H and O–H groups in total. The van der Waals surface area contributed by atoms with Crippen LogP contribution >= 0.6 is 0 Å². The van der Waals surface area contributed by atoms with E-state index in [0.717, 1.165) is 5.56 Å². The van der Waals surface area contributed by atoms with E-state index in [4.69, 9.17) is 9.26 Å². The summed E-state index contributed by atoms with van der Waals surface area (Å²) in [6.07, 6.45) is 3.15. The summed E-state index contributed by atoms with van der Waals surface area (Å²) < 4.78 is 9.91. The highest BCUT2D eigenvalue weighted by molar-refractivity contribution is 5.97. The molecule has 0 bridgehead atoms. The monoisotopic (exact) mass is 343 g/mol. The fourth-order valence-corrected chi connectivity index (χ4v) is 2.09. The summed E-state index contributed by atoms with van der Waals surface area (Å²) in [6, 6.07) is 11.1. The Morgan fingerprint density at radius 1 is 1.32 bits per heavy atom. The summed E-state index contributed by atoms with van der Waals surface area (Å²) in [6.45, 7) is 2.26. The Bertz CT molecular complexity index is 725. The van der Waals surface area contributed by atoms with Gasteiger partial charge >= 0.3 is 0 Å². The van der Waals surface area contributed by atoms with Gasteiger partial charge in [0.05, 0.1) is 6.61 Å². The molecule has 2 amide bonds. The van der Waals surface area contributed by atoms with Crippen molar-refractivity contribution in [1.29, 1.82) is 0 Å². The number of nitrogens with zero attached hydrogens (tertiary/aromatic N) is 2. The second-order valence-corrected chi connectivity index (χ2v) is 5.37. The molecule has 0 atom stereocenters. The number of hydrogen-bond acceptors (Lipinski definition) is 5. The zero-order chi connectivity index (χ0) is 18.1. The van der Waals surface area contributed by atoms with Gasteiger partial charge in [-0.25, -0.2) is 0 Å². The lowest BCUT2D eigenvalue weighted by molar-refractivity contribution is -0.131. The number of carbonyl (C=O) groups is 2. The zero-order valence-electron chi connectivity index (χ0n) is 14.3. The Morgan fingerprint density at radius 2 is 2.08 bits per heavy atom. The number of anilines is 1. The number of nitrogens with one attached hydrogen (secondary N) is 1. The molecule has 0 unspecified atom stereocenters. The van der Waals surface area contributed by atoms with Crippen LogP contribution in [0.15, 0.2) is 47.0 Å². The first kappa shape index (κ1) is 18.4. The maximum absolute atomic E-state index is 12.4. The van der Waals surface area contributed by atoms with Gasteiger partial charge in [0.2, 0.25) is 11.8 Å². The van der Waals surface area contributed by atoms with Crippen molar-refractivity contribution in [2.75, 3.05) is 32.1 Å². The topological polar surface area (TPSA) is 84.7 Å². The number of benzene rings is 1. The third kappa shape index (κ3) is 6.23. The third-order valence-electron chi connectivity index (χ3n) is 3.32. The van der Waals surface area contributed by atoms with E-state index in [2.05, 4.69) is 10.5 Å². The van der Waals surface area contributed by atoms with E-state index in [1.807, 2.05) is 30.3 Å². The Hall–Kier alpha value is -2.93. The molecule has 0 saturated carbocycles. The van der Waals surface area contributed by atoms with Crippen molar-refractivity contribution >= 4 is 23.7 Å². The first-order valence-corrected chi connectivity index (χ1v) is 7.82. The fraction of sp³-hybridized carbons (Fsp3) is 0.278. The molecule has 7 nitrogen and oxygen atoms in total. The standard InChI is InChI=1S/C18H21N3O4/c1-14-12-16(20-25-14)19-17(22)13-21(10-11-24-2)18(23)9-8-15-6-4-3-5-7-15/h3-9,12H,10-11,13H2,1-2H3,(H,19,20,22)/b9-8+. The van der Waals surface area contributed by atoms with Crippen molar-refractivity contribution in [2.45, 2.75) is 6.92 Å². The highest BCUT2D eigenvalue weighted by Crippen LogP contribution is 2.07. The van der Waals surface area contributed by atoms with Gasteiger partial charge in [0.25, 0.3) is 0 Å². The van der Waals surface area contributed by atoms with Crippen LogP contribution in [0.2, 0.25) is 0 Å². The van der Waals surface area contributed by atoms with E-state index in [-0.39, 0.29) is 18.4 Å². The molecule has 0 aliphatic carbocycles. The number of aryl methyl sites for hydroxylation is 1. The van der Waals surface area contributed by atoms with E-state index < -0.39 is 0 Å². The second kappa shape index (κ2) is 9.39. The van der Waals surface area contributed by atoms with E-state index in [1.54, 1.807) is 26.2 Å². The number of methoxy groups -OCH3 is 1. The molecule has 0 saturated heterocycles. The first-order valence-electron chi connectivity index (χ1n) is 7.82. The van der Waals surface area contributed by atoms with Crippen LogP contribution < -0.4 is 5.32 Å². The van der Waals surface area contributed by atoms with Crippen LogP contribution in [-0.4, -0.2) is 48.7 Å². The highest BCUT2D eigenvalue weighted by atomic mass is 16.5. The molecule has 0 aliphatic heterocycles. The van der Waals surface area contributed by atoms with Gasteiger partial charge in [0.15, 0.2) is 5.82 Å². The Morgan fingerprint density at radius 3 is 2.72 bits per heavy atom. The Balaban J connectivity index is 1.97. The van der Waals surface area contributed by atoms with Gasteiger partial charge in [-0.15, -0.1) is 0 Å². The van der Waals surface area contributed by atoms with Crippen LogP contribution in [0, 0.1) is 6.92 Å². The predicted molar refractivity (Wildman–Crippen MR) is 93.8 cm³/mol. The minimum absolute atomic E-state index is 0.104. The van der Waals surface area contributed by atoms with E-state index in [9.17, 15) is 9.59 Å². The van der Waals surface area contributed by atoms with E-state index >= 15 is 0 Å². The van der Waals surface area contributed by atoms with Crippen molar-refractivity contribution in [3.05, 3.63) is 53.8 Å². The fourth-order valence-electron chi connectivity index (χ4n) is 2.09. The summed E-state index contributed by atoms with van der Waals surface area (Å²) in [7, 11) is 1.54. The van der Waals surface area contributed by atoms with Gasteiger partial charge in [-0.05, 0) is 18.6 Å². The molecule has 0 aliphatic rings. The maximum Gasteiger partial charge on any atom is 0.247 e. The van der Waals surface area contributed by atoms with E-state index in [0.29, 0.717) is 24.7 Å². The van der Waals surface area contributed by atoms with Gasteiger partial charge in [0.1, 0.15) is 12.3 Å². The van der Waals surface area contributed by atoms with Crippen LogP contribution in [0.25, 0.3) is 6.08 Å². The van der Waals surface area contributed by atoms with Crippen LogP contribution in [-0.2, 0) is 14.3 Å². The number of carbonyl (C=O) groups excluding carboxylic acids is 2. The van der Waals surface area contributed by atoms with Gasteiger partial charge in [-0.1, -0.05) is 35.5 Å². The van der Waals surface area contributed by atoms with Crippen molar-refractivity contribution in [3.63, 3.8) is 0 Å². The second-order valence-electron chi connectivity index (χ2n) is 5.37. The van der Waals surface area contributed by atoms with E-state index in [1.165, 1.54) is 11.0 Å². The lowest BCUT2D eigenvalue weighted by atomic mass is 10.2. The molecule has 1 aromatic heterocycles. The maximum atomic E-state index is 12.4. The van der Waals surface area contributed by atoms with Gasteiger partial charge in [-0.3, -0.25) is 9.59 Å². The number of amides is 2. The number of rotatable bonds is 8. The van der Waals surface area contributed by atoms with Crippen LogP contribution in [0.1, 0.15) is 11.3 Å². The lowest BCUT2D eigenvalue weighted by Crippen LogP contribution is -2.39. The molecule has 1 aromatic carbocycles. The summed E-state index contributed by atoms with van der Waals surface area (Å²) in [5, 5.41) is 6.29. The van der Waals surface area contributed by atoms with Crippen molar-refractivity contribution in [1.82, 2.24) is 10.1 Å². The predicted octanol–water partition coefficient (Wildman–Crippen LogP) is 2.11. The molecular formula is C18H21N3O4. The molecule has 0 spiro atoms. The largest absolute Gasteiger partial charge is 0.383 e. The molecule has 0 fully saturated rings. The van der Waals surface area contributed by atoms with Crippen LogP contribution in [0.5, 0.6) is 0 Å². The minimum Gasteiger partial charge on any atom is -0.383 e. The summed E-state index contributed by atoms with van der Waals surface area (Å²) in [5.41, 5.74) is 0.907. The molecule has 1 heterocycles. The molecule has 2 rings (SSSR count). The molecular weight excluding hydrogens is 322 g/mol. The SMILES string of the molecule is COCCN(CC(=O)Nc1cc(C)on1)C(=O)/C=C/c1ccccc1. The van der Waals surface area contributed by atoms with Gasteiger partial charge < -0.3 is 19.5 Å². The van der Waals surface area contributed by atoms with Crippen molar-refractivity contribution in [2.24, 2.45) is 0 Å². The molecule has 0 radical (unpaired) electrons.